The molecule has 1 aromatic carbocycles. The molecule has 1 aliphatic rings. The van der Waals surface area contributed by atoms with Crippen LogP contribution in [0, 0.1) is 18.8 Å². The molecule has 7 nitrogen and oxygen atoms in total. The molecular formula is C36H69N3O4. The first-order valence-corrected chi connectivity index (χ1v) is 16.7. The van der Waals surface area contributed by atoms with E-state index in [-0.39, 0.29) is 29.8 Å². The van der Waals surface area contributed by atoms with Crippen molar-refractivity contribution in [3.8, 4) is 0 Å². The minimum atomic E-state index is -0.287. The molecule has 7 heteroatoms. The molecule has 0 aromatic heterocycles. The molecule has 1 heterocycles. The van der Waals surface area contributed by atoms with Gasteiger partial charge in [-0.2, -0.15) is 10.2 Å². The summed E-state index contributed by atoms with van der Waals surface area (Å²) in [6.45, 7) is 26.4. The molecule has 1 saturated heterocycles. The third-order valence-corrected chi connectivity index (χ3v) is 6.12. The first-order chi connectivity index (χ1) is 20.4. The number of carbonyl (C=O) groups is 3. The van der Waals surface area contributed by atoms with Gasteiger partial charge in [-0.1, -0.05) is 94.1 Å². The van der Waals surface area contributed by atoms with Crippen LogP contribution in [0.25, 0.3) is 0 Å². The van der Waals surface area contributed by atoms with Gasteiger partial charge < -0.3 is 19.6 Å². The Morgan fingerprint density at radius 1 is 0.977 bits per heavy atom. The minimum absolute atomic E-state index is 0.0244. The highest BCUT2D eigenvalue weighted by Gasteiger charge is 2.18. The van der Waals surface area contributed by atoms with Gasteiger partial charge >= 0.3 is 0 Å². The van der Waals surface area contributed by atoms with E-state index in [0.717, 1.165) is 23.8 Å². The van der Waals surface area contributed by atoms with Crippen molar-refractivity contribution in [2.45, 2.75) is 154 Å². The van der Waals surface area contributed by atoms with E-state index in [1.807, 2.05) is 53.7 Å². The maximum Gasteiger partial charge on any atom is 0.227 e. The number of hydrogen-bond acceptors (Lipinski definition) is 6. The van der Waals surface area contributed by atoms with Crippen LogP contribution in [0.1, 0.15) is 146 Å². The van der Waals surface area contributed by atoms with E-state index in [1.54, 1.807) is 13.1 Å². The SMILES string of the molecule is CC.CC.CC(C)=O.CCC(CC(C)=O)C(=O)Nc1ccc(C)c(N=NC)c1.CCC1CCCO1.CCCC(C)CCC. The fourth-order valence-electron chi connectivity index (χ4n) is 4.01. The molecule has 1 amide bonds. The van der Waals surface area contributed by atoms with Crippen molar-refractivity contribution in [2.75, 3.05) is 19.0 Å². The van der Waals surface area contributed by atoms with E-state index in [2.05, 4.69) is 43.2 Å². The van der Waals surface area contributed by atoms with Gasteiger partial charge in [-0.15, -0.1) is 0 Å². The van der Waals surface area contributed by atoms with Crippen LogP contribution < -0.4 is 5.32 Å². The Labute approximate surface area is 266 Å². The summed E-state index contributed by atoms with van der Waals surface area (Å²) < 4.78 is 5.30. The number of azo groups is 1. The third kappa shape index (κ3) is 30.8. The molecule has 1 aliphatic heterocycles. The molecule has 0 radical (unpaired) electrons. The molecule has 2 atom stereocenters. The van der Waals surface area contributed by atoms with Crippen molar-refractivity contribution in [1.82, 2.24) is 0 Å². The standard InChI is InChI=1S/C15H21N3O2.C8H18.C6H12O.C3H6O.2C2H6/c1-5-12(8-11(3)19)15(20)17-13-7-6-10(2)14(9-13)18-16-4;1-4-6-8(3)7-5-2;1-2-6-4-3-5-7-6;1-3(2)4;2*1-2/h6-7,9,12H,5,8H2,1-4H3,(H,17,20);8H,4-7H2,1-3H3;6H,2-5H2,1H3;1-2H3;2*1-2H3. The van der Waals surface area contributed by atoms with Gasteiger partial charge in [0.2, 0.25) is 5.91 Å². The van der Waals surface area contributed by atoms with Crippen molar-refractivity contribution in [3.63, 3.8) is 0 Å². The van der Waals surface area contributed by atoms with Gasteiger partial charge in [0.1, 0.15) is 11.6 Å². The van der Waals surface area contributed by atoms with Gasteiger partial charge in [-0.3, -0.25) is 4.79 Å². The van der Waals surface area contributed by atoms with E-state index >= 15 is 0 Å². The zero-order valence-corrected chi connectivity index (χ0v) is 30.6. The van der Waals surface area contributed by atoms with Crippen LogP contribution in [0.15, 0.2) is 28.4 Å². The van der Waals surface area contributed by atoms with Crippen molar-refractivity contribution >= 4 is 28.8 Å². The predicted octanol–water partition coefficient (Wildman–Crippen LogP) is 11.1. The van der Waals surface area contributed by atoms with E-state index in [9.17, 15) is 14.4 Å². The van der Waals surface area contributed by atoms with Gasteiger partial charge in [0.05, 0.1) is 11.8 Å². The number of nitrogens with one attached hydrogen (secondary N) is 1. The topological polar surface area (TPSA) is 97.2 Å². The lowest BCUT2D eigenvalue weighted by atomic mass is 9.99. The van der Waals surface area contributed by atoms with Gasteiger partial charge in [-0.05, 0) is 77.0 Å². The van der Waals surface area contributed by atoms with E-state index in [1.165, 1.54) is 65.7 Å². The number of hydrogen-bond donors (Lipinski definition) is 1. The van der Waals surface area contributed by atoms with Crippen LogP contribution in [0.2, 0.25) is 0 Å². The molecule has 2 rings (SSSR count). The quantitative estimate of drug-likeness (QED) is 0.253. The number of carbonyl (C=O) groups excluding carboxylic acids is 3. The molecule has 0 aliphatic carbocycles. The Hall–Kier alpha value is -2.41. The third-order valence-electron chi connectivity index (χ3n) is 6.12. The van der Waals surface area contributed by atoms with Crippen LogP contribution in [-0.2, 0) is 19.1 Å². The fraction of sp³-hybridized carbons (Fsp3) is 0.750. The number of amides is 1. The number of nitrogens with zero attached hydrogens (tertiary/aromatic N) is 2. The molecule has 1 N–H and O–H groups in total. The first kappa shape index (κ1) is 47.5. The van der Waals surface area contributed by atoms with Gasteiger partial charge in [-0.25, -0.2) is 0 Å². The summed E-state index contributed by atoms with van der Waals surface area (Å²) in [4.78, 5) is 32.7. The second kappa shape index (κ2) is 34.1. The molecule has 0 saturated carbocycles. The lowest BCUT2D eigenvalue weighted by molar-refractivity contribution is -0.125. The summed E-state index contributed by atoms with van der Waals surface area (Å²) in [6.07, 6.45) is 10.8. The highest BCUT2D eigenvalue weighted by atomic mass is 16.5. The second-order valence-electron chi connectivity index (χ2n) is 10.4. The summed E-state index contributed by atoms with van der Waals surface area (Å²) in [5.41, 5.74) is 2.39. The Bertz CT molecular complexity index is 824. The maximum absolute atomic E-state index is 12.1. The molecule has 1 aromatic rings. The van der Waals surface area contributed by atoms with Crippen LogP contribution in [-0.4, -0.2) is 37.2 Å². The number of Topliss-reactive ketones (excluding diaryl/α,β-unsaturated/α-hetero) is 2. The second-order valence-corrected chi connectivity index (χ2v) is 10.4. The normalized spacial score (nSPS) is 13.7. The maximum atomic E-state index is 12.1. The van der Waals surface area contributed by atoms with Crippen molar-refractivity contribution in [1.29, 1.82) is 0 Å². The zero-order chi connectivity index (χ0) is 34.2. The smallest absolute Gasteiger partial charge is 0.227 e. The fourth-order valence-corrected chi connectivity index (χ4v) is 4.01. The molecule has 0 bridgehead atoms. The van der Waals surface area contributed by atoms with Crippen molar-refractivity contribution in [3.05, 3.63) is 23.8 Å². The number of ketones is 2. The van der Waals surface area contributed by atoms with Crippen LogP contribution in [0.3, 0.4) is 0 Å². The van der Waals surface area contributed by atoms with E-state index in [4.69, 9.17) is 4.74 Å². The first-order valence-electron chi connectivity index (χ1n) is 16.7. The molecule has 2 unspecified atom stereocenters. The monoisotopic (exact) mass is 608 g/mol. The van der Waals surface area contributed by atoms with Gasteiger partial charge in [0, 0.05) is 31.7 Å². The average Bonchev–Trinajstić information content (AvgIpc) is 3.51. The zero-order valence-electron chi connectivity index (χ0n) is 30.6. The number of rotatable bonds is 11. The summed E-state index contributed by atoms with van der Waals surface area (Å²) in [5.74, 6) is 0.734. The number of benzene rings is 1. The van der Waals surface area contributed by atoms with E-state index < -0.39 is 0 Å². The summed E-state index contributed by atoms with van der Waals surface area (Å²) in [7, 11) is 1.60. The minimum Gasteiger partial charge on any atom is -0.378 e. The van der Waals surface area contributed by atoms with Crippen LogP contribution in [0.4, 0.5) is 11.4 Å². The van der Waals surface area contributed by atoms with Crippen LogP contribution >= 0.6 is 0 Å². The largest absolute Gasteiger partial charge is 0.378 e. The predicted molar refractivity (Wildman–Crippen MR) is 187 cm³/mol. The molecule has 43 heavy (non-hydrogen) atoms. The highest BCUT2D eigenvalue weighted by Crippen LogP contribution is 2.24. The van der Waals surface area contributed by atoms with E-state index in [0.29, 0.717) is 18.2 Å². The summed E-state index contributed by atoms with van der Waals surface area (Å²) >= 11 is 0. The summed E-state index contributed by atoms with van der Waals surface area (Å²) in [6, 6.07) is 5.48. The Balaban J connectivity index is -0.000000271. The highest BCUT2D eigenvalue weighted by molar-refractivity contribution is 5.95. The number of anilines is 1. The van der Waals surface area contributed by atoms with Gasteiger partial charge in [0.15, 0.2) is 0 Å². The molecule has 0 spiro atoms. The molecule has 252 valence electrons. The Morgan fingerprint density at radius 3 is 1.86 bits per heavy atom. The van der Waals surface area contributed by atoms with Crippen LogP contribution in [0.5, 0.6) is 0 Å². The van der Waals surface area contributed by atoms with Crippen molar-refractivity contribution in [2.24, 2.45) is 22.1 Å². The Kier molecular flexibility index (Phi) is 37.7. The number of aryl methyl sites for hydroxylation is 1. The molecule has 1 fully saturated rings. The molecular weight excluding hydrogens is 538 g/mol. The lowest BCUT2D eigenvalue weighted by Gasteiger charge is -2.14. The number of ether oxygens (including phenoxy) is 1. The summed E-state index contributed by atoms with van der Waals surface area (Å²) in [5, 5.41) is 10.6. The Morgan fingerprint density at radius 2 is 1.51 bits per heavy atom. The van der Waals surface area contributed by atoms with Gasteiger partial charge in [0.25, 0.3) is 0 Å². The lowest BCUT2D eigenvalue weighted by Crippen LogP contribution is -2.24. The average molecular weight is 608 g/mol. The van der Waals surface area contributed by atoms with Crippen molar-refractivity contribution < 1.29 is 19.1 Å².